The van der Waals surface area contributed by atoms with E-state index >= 15 is 0 Å². The summed E-state index contributed by atoms with van der Waals surface area (Å²) in [5.41, 5.74) is 6.95. The quantitative estimate of drug-likeness (QED) is 0.690. The molecule has 0 aliphatic rings. The third-order valence-corrected chi connectivity index (χ3v) is 3.92. The Labute approximate surface area is 105 Å². The van der Waals surface area contributed by atoms with E-state index in [-0.39, 0.29) is 5.82 Å². The van der Waals surface area contributed by atoms with E-state index in [1.165, 1.54) is 23.9 Å². The maximum absolute atomic E-state index is 13.0. The van der Waals surface area contributed by atoms with Crippen LogP contribution in [0.3, 0.4) is 0 Å². The third-order valence-electron chi connectivity index (χ3n) is 1.85. The molecule has 3 nitrogen and oxygen atoms in total. The van der Waals surface area contributed by atoms with Crippen molar-refractivity contribution in [2.24, 2.45) is 0 Å². The second kappa shape index (κ2) is 4.99. The fourth-order valence-corrected chi connectivity index (χ4v) is 2.78. The number of halogens is 2. The largest absolute Gasteiger partial charge is 0.398 e. The molecule has 2 N–H and O–H groups in total. The van der Waals surface area contributed by atoms with E-state index in [0.717, 1.165) is 11.5 Å². The van der Waals surface area contributed by atoms with Gasteiger partial charge in [0, 0.05) is 27.9 Å². The molecule has 0 saturated carbocycles. The first-order valence-corrected chi connectivity index (χ1v) is 6.45. The van der Waals surface area contributed by atoms with Crippen LogP contribution in [0.5, 0.6) is 0 Å². The minimum absolute atomic E-state index is 0.306. The van der Waals surface area contributed by atoms with Crippen molar-refractivity contribution in [2.45, 2.75) is 10.6 Å². The van der Waals surface area contributed by atoms with Crippen LogP contribution in [0, 0.1) is 5.82 Å². The maximum atomic E-state index is 13.0. The Morgan fingerprint density at radius 2 is 2.31 bits per heavy atom. The van der Waals surface area contributed by atoms with Gasteiger partial charge in [-0.05, 0) is 18.2 Å². The third kappa shape index (κ3) is 2.63. The smallest absolute Gasteiger partial charge is 0.138 e. The monoisotopic (exact) mass is 275 g/mol. The lowest BCUT2D eigenvalue weighted by Gasteiger charge is -2.03. The molecule has 16 heavy (non-hydrogen) atoms. The molecule has 0 aliphatic heterocycles. The number of benzene rings is 1. The number of rotatable bonds is 3. The van der Waals surface area contributed by atoms with Crippen molar-refractivity contribution in [3.8, 4) is 0 Å². The summed E-state index contributed by atoms with van der Waals surface area (Å²) in [6, 6.07) is 4.27. The van der Waals surface area contributed by atoms with Gasteiger partial charge in [0.25, 0.3) is 0 Å². The summed E-state index contributed by atoms with van der Waals surface area (Å²) in [7, 11) is 0. The number of aromatic nitrogens is 2. The summed E-state index contributed by atoms with van der Waals surface area (Å²) in [4.78, 5) is 0.684. The molecule has 0 atom stereocenters. The Morgan fingerprint density at radius 1 is 1.50 bits per heavy atom. The Bertz CT molecular complexity index is 503. The zero-order valence-corrected chi connectivity index (χ0v) is 10.4. The maximum Gasteiger partial charge on any atom is 0.138 e. The average Bonchev–Trinajstić information content (AvgIpc) is 2.66. The molecule has 84 valence electrons. The van der Waals surface area contributed by atoms with E-state index < -0.39 is 0 Å². The predicted octanol–water partition coefficient (Wildman–Crippen LogP) is 3.21. The molecular formula is C9H7ClFN3S2. The summed E-state index contributed by atoms with van der Waals surface area (Å²) < 4.78 is 17.2. The first kappa shape index (κ1) is 11.6. The highest BCUT2D eigenvalue weighted by atomic mass is 35.5. The van der Waals surface area contributed by atoms with Gasteiger partial charge in [0.15, 0.2) is 0 Å². The van der Waals surface area contributed by atoms with E-state index in [2.05, 4.69) is 9.59 Å². The molecule has 7 heteroatoms. The van der Waals surface area contributed by atoms with Crippen molar-refractivity contribution in [1.29, 1.82) is 0 Å². The number of nitrogens with two attached hydrogens (primary N) is 1. The van der Waals surface area contributed by atoms with Crippen molar-refractivity contribution in [3.05, 3.63) is 34.0 Å². The van der Waals surface area contributed by atoms with Crippen LogP contribution in [-0.2, 0) is 5.75 Å². The normalized spacial score (nSPS) is 10.6. The number of thioether (sulfide) groups is 1. The molecule has 0 bridgehead atoms. The van der Waals surface area contributed by atoms with E-state index in [4.69, 9.17) is 17.3 Å². The fraction of sp³-hybridized carbons (Fsp3) is 0.111. The predicted molar refractivity (Wildman–Crippen MR) is 65.3 cm³/mol. The molecule has 0 aliphatic carbocycles. The molecular weight excluding hydrogens is 269 g/mol. The SMILES string of the molecule is Nc1ccc(F)cc1SCc1nnsc1Cl. The standard InChI is InChI=1S/C9H7ClFN3S2/c10-9-7(13-14-16-9)4-15-8-3-5(11)1-2-6(8)12/h1-3H,4,12H2. The van der Waals surface area contributed by atoms with Gasteiger partial charge in [0.1, 0.15) is 15.8 Å². The number of nitrogens with zero attached hydrogens (tertiary/aromatic N) is 2. The number of hydrogen-bond donors (Lipinski definition) is 1. The molecule has 0 saturated heterocycles. The lowest BCUT2D eigenvalue weighted by atomic mass is 10.3. The topological polar surface area (TPSA) is 51.8 Å². The van der Waals surface area contributed by atoms with Gasteiger partial charge >= 0.3 is 0 Å². The van der Waals surface area contributed by atoms with Gasteiger partial charge < -0.3 is 5.73 Å². The van der Waals surface area contributed by atoms with Crippen LogP contribution < -0.4 is 5.73 Å². The fourth-order valence-electron chi connectivity index (χ4n) is 1.06. The van der Waals surface area contributed by atoms with Crippen LogP contribution in [0.15, 0.2) is 23.1 Å². The lowest BCUT2D eigenvalue weighted by Crippen LogP contribution is -1.90. The Morgan fingerprint density at radius 3 is 3.00 bits per heavy atom. The molecule has 1 heterocycles. The summed E-state index contributed by atoms with van der Waals surface area (Å²) in [6.45, 7) is 0. The molecule has 0 radical (unpaired) electrons. The second-order valence-corrected chi connectivity index (χ2v) is 5.34. The average molecular weight is 276 g/mol. The van der Waals surface area contributed by atoms with Gasteiger partial charge in [-0.15, -0.1) is 16.9 Å². The van der Waals surface area contributed by atoms with Crippen molar-refractivity contribution in [3.63, 3.8) is 0 Å². The summed E-state index contributed by atoms with van der Waals surface area (Å²) >= 11 is 8.37. The van der Waals surface area contributed by atoms with Gasteiger partial charge in [-0.1, -0.05) is 16.1 Å². The number of anilines is 1. The number of nitrogen functional groups attached to an aromatic ring is 1. The van der Waals surface area contributed by atoms with E-state index in [1.54, 1.807) is 6.07 Å². The highest BCUT2D eigenvalue weighted by Gasteiger charge is 2.08. The summed E-state index contributed by atoms with van der Waals surface area (Å²) in [5, 5.41) is 3.86. The van der Waals surface area contributed by atoms with Crippen LogP contribution in [0.25, 0.3) is 0 Å². The van der Waals surface area contributed by atoms with Crippen LogP contribution >= 0.6 is 34.9 Å². The van der Waals surface area contributed by atoms with Crippen LogP contribution in [0.4, 0.5) is 10.1 Å². The summed E-state index contributed by atoms with van der Waals surface area (Å²) in [6.07, 6.45) is 0. The van der Waals surface area contributed by atoms with Crippen molar-refractivity contribution < 1.29 is 4.39 Å². The van der Waals surface area contributed by atoms with Crippen molar-refractivity contribution in [2.75, 3.05) is 5.73 Å². The van der Waals surface area contributed by atoms with Crippen LogP contribution in [0.2, 0.25) is 4.34 Å². The molecule has 0 unspecified atom stereocenters. The molecule has 1 aromatic heterocycles. The molecule has 0 spiro atoms. The van der Waals surface area contributed by atoms with Gasteiger partial charge in [0.2, 0.25) is 0 Å². The van der Waals surface area contributed by atoms with Crippen molar-refractivity contribution >= 4 is 40.6 Å². The van der Waals surface area contributed by atoms with E-state index in [1.807, 2.05) is 0 Å². The number of hydrogen-bond acceptors (Lipinski definition) is 5. The molecule has 0 amide bonds. The van der Waals surface area contributed by atoms with Gasteiger partial charge in [-0.3, -0.25) is 0 Å². The zero-order chi connectivity index (χ0) is 11.5. The van der Waals surface area contributed by atoms with Crippen LogP contribution in [-0.4, -0.2) is 9.59 Å². The van der Waals surface area contributed by atoms with Gasteiger partial charge in [-0.25, -0.2) is 4.39 Å². The second-order valence-electron chi connectivity index (χ2n) is 2.96. The zero-order valence-electron chi connectivity index (χ0n) is 7.98. The van der Waals surface area contributed by atoms with E-state index in [0.29, 0.717) is 26.4 Å². The minimum atomic E-state index is -0.306. The minimum Gasteiger partial charge on any atom is -0.398 e. The van der Waals surface area contributed by atoms with Gasteiger partial charge in [0.05, 0.1) is 0 Å². The lowest BCUT2D eigenvalue weighted by molar-refractivity contribution is 0.624. The summed E-state index contributed by atoms with van der Waals surface area (Å²) in [5.74, 6) is 0.224. The first-order chi connectivity index (χ1) is 7.66. The van der Waals surface area contributed by atoms with Crippen molar-refractivity contribution in [1.82, 2.24) is 9.59 Å². The molecule has 0 fully saturated rings. The highest BCUT2D eigenvalue weighted by molar-refractivity contribution is 7.98. The Hall–Kier alpha value is -0.850. The van der Waals surface area contributed by atoms with Gasteiger partial charge in [-0.2, -0.15) is 0 Å². The van der Waals surface area contributed by atoms with E-state index in [9.17, 15) is 4.39 Å². The molecule has 1 aromatic carbocycles. The molecule has 2 rings (SSSR count). The molecule has 2 aromatic rings. The van der Waals surface area contributed by atoms with Crippen LogP contribution in [0.1, 0.15) is 5.69 Å². The Kier molecular flexibility index (Phi) is 3.63. The highest BCUT2D eigenvalue weighted by Crippen LogP contribution is 2.30. The Balaban J connectivity index is 2.10. The first-order valence-electron chi connectivity index (χ1n) is 4.31.